The van der Waals surface area contributed by atoms with Crippen molar-refractivity contribution in [3.8, 4) is 33.2 Å². The Morgan fingerprint density at radius 2 is 1.79 bits per heavy atom. The maximum absolute atomic E-state index is 5.54. The lowest BCUT2D eigenvalue weighted by Crippen LogP contribution is -1.91. The Bertz CT molecular complexity index is 1400. The molecule has 34 heavy (non-hydrogen) atoms. The van der Waals surface area contributed by atoms with E-state index in [2.05, 4.69) is 40.7 Å². The molecule has 7 heteroatoms. The molecule has 5 rings (SSSR count). The molecule has 0 atom stereocenters. The lowest BCUT2D eigenvalue weighted by molar-refractivity contribution is 0.340. The normalized spacial score (nSPS) is 11.0. The number of nitrogens with zero attached hydrogens (tertiary/aromatic N) is 3. The number of fused-ring (bicyclic) bond motifs is 1. The second-order valence-electron chi connectivity index (χ2n) is 7.52. The Morgan fingerprint density at radius 1 is 0.941 bits per heavy atom. The molecule has 0 saturated carbocycles. The highest BCUT2D eigenvalue weighted by molar-refractivity contribution is 7.98. The number of benzene rings is 2. The van der Waals surface area contributed by atoms with Crippen molar-refractivity contribution in [2.24, 2.45) is 0 Å². The van der Waals surface area contributed by atoms with E-state index in [9.17, 15) is 0 Å². The molecule has 0 amide bonds. The van der Waals surface area contributed by atoms with Gasteiger partial charge in [0.25, 0.3) is 0 Å². The predicted octanol–water partition coefficient (Wildman–Crippen LogP) is 7.12. The summed E-state index contributed by atoms with van der Waals surface area (Å²) in [5.74, 6) is 2.41. The zero-order chi connectivity index (χ0) is 23.3. The second-order valence-corrected chi connectivity index (χ2v) is 9.38. The Labute approximate surface area is 206 Å². The van der Waals surface area contributed by atoms with Crippen molar-refractivity contribution in [3.05, 3.63) is 84.1 Å². The summed E-state index contributed by atoms with van der Waals surface area (Å²) in [4.78, 5) is 14.0. The summed E-state index contributed by atoms with van der Waals surface area (Å²) in [5.41, 5.74) is 5.20. The van der Waals surface area contributed by atoms with E-state index in [0.717, 1.165) is 60.6 Å². The summed E-state index contributed by atoms with van der Waals surface area (Å²) in [6.45, 7) is 2.65. The molecule has 170 valence electrons. The van der Waals surface area contributed by atoms with Gasteiger partial charge in [0, 0.05) is 46.1 Å². The van der Waals surface area contributed by atoms with Gasteiger partial charge >= 0.3 is 0 Å². The minimum Gasteiger partial charge on any atom is -0.497 e. The molecular formula is C27H23N3O2S2. The van der Waals surface area contributed by atoms with Crippen molar-refractivity contribution in [3.63, 3.8) is 0 Å². The summed E-state index contributed by atoms with van der Waals surface area (Å²) in [7, 11) is 1.67. The molecule has 3 heterocycles. The molecule has 5 nitrogen and oxygen atoms in total. The molecule has 0 aliphatic heterocycles. The van der Waals surface area contributed by atoms with Crippen LogP contribution in [0.1, 0.15) is 12.6 Å². The third kappa shape index (κ3) is 4.90. The van der Waals surface area contributed by atoms with E-state index in [4.69, 9.17) is 19.4 Å². The molecule has 2 aromatic carbocycles. The molecule has 0 fully saturated rings. The first kappa shape index (κ1) is 22.4. The third-order valence-electron chi connectivity index (χ3n) is 5.30. The van der Waals surface area contributed by atoms with Gasteiger partial charge in [-0.25, -0.2) is 9.97 Å². The van der Waals surface area contributed by atoms with Crippen molar-refractivity contribution >= 4 is 34.0 Å². The molecule has 0 spiro atoms. The number of ether oxygens (including phenoxy) is 2. The Hall–Kier alpha value is -3.42. The number of pyridine rings is 2. The van der Waals surface area contributed by atoms with Gasteiger partial charge in [0.1, 0.15) is 16.5 Å². The average molecular weight is 486 g/mol. The molecule has 0 unspecified atom stereocenters. The van der Waals surface area contributed by atoms with Crippen molar-refractivity contribution < 1.29 is 9.47 Å². The van der Waals surface area contributed by atoms with Crippen LogP contribution in [0.25, 0.3) is 32.6 Å². The third-order valence-corrected chi connectivity index (χ3v) is 7.18. The smallest absolute Gasteiger partial charge is 0.123 e. The summed E-state index contributed by atoms with van der Waals surface area (Å²) >= 11 is 3.33. The molecule has 3 aromatic heterocycles. The number of hydrogen-bond donors (Lipinski definition) is 0. The highest BCUT2D eigenvalue weighted by atomic mass is 32.2. The summed E-state index contributed by atoms with van der Waals surface area (Å²) in [5, 5.41) is 5.14. The van der Waals surface area contributed by atoms with Crippen LogP contribution >= 0.6 is 23.1 Å². The maximum Gasteiger partial charge on any atom is 0.123 e. The fraction of sp³-hybridized carbons (Fsp3) is 0.148. The first-order valence-electron chi connectivity index (χ1n) is 10.9. The van der Waals surface area contributed by atoms with Crippen LogP contribution in [-0.2, 0) is 5.75 Å². The zero-order valence-corrected chi connectivity index (χ0v) is 20.5. The van der Waals surface area contributed by atoms with Crippen LogP contribution in [0.15, 0.2) is 83.5 Å². The number of thioether (sulfide) groups is 1. The monoisotopic (exact) mass is 485 g/mol. The van der Waals surface area contributed by atoms with E-state index >= 15 is 0 Å². The molecule has 5 aromatic rings. The molecule has 0 saturated heterocycles. The van der Waals surface area contributed by atoms with Gasteiger partial charge < -0.3 is 9.47 Å². The SMILES string of the molecule is CCOc1ccc(-c2nc(CSc3cc(-c4cccnc4)c4ccc(OC)cc4n3)cs2)cc1. The van der Waals surface area contributed by atoms with Crippen LogP contribution in [0.4, 0.5) is 0 Å². The standard InChI is InChI=1S/C27H23N3O2S2/c1-3-32-21-8-6-18(7-9-21)27-29-20(17-34-27)16-33-26-14-24(19-5-4-12-28-15-19)23-11-10-22(31-2)13-25(23)30-26/h4-15,17H,3,16H2,1-2H3. The van der Waals surface area contributed by atoms with Gasteiger partial charge in [-0.15, -0.1) is 11.3 Å². The van der Waals surface area contributed by atoms with E-state index < -0.39 is 0 Å². The molecule has 0 aliphatic rings. The molecule has 0 aliphatic carbocycles. The Kier molecular flexibility index (Phi) is 6.74. The van der Waals surface area contributed by atoms with Gasteiger partial charge in [0.05, 0.1) is 30.0 Å². The molecule has 0 bridgehead atoms. The van der Waals surface area contributed by atoms with E-state index in [0.29, 0.717) is 6.61 Å². The van der Waals surface area contributed by atoms with Crippen LogP contribution in [-0.4, -0.2) is 28.7 Å². The lowest BCUT2D eigenvalue weighted by atomic mass is 10.0. The fourth-order valence-corrected chi connectivity index (χ4v) is 5.40. The molecular weight excluding hydrogens is 462 g/mol. The van der Waals surface area contributed by atoms with E-state index in [-0.39, 0.29) is 0 Å². The van der Waals surface area contributed by atoms with Gasteiger partial charge in [-0.1, -0.05) is 17.8 Å². The second kappa shape index (κ2) is 10.2. The van der Waals surface area contributed by atoms with Crippen molar-refractivity contribution in [1.29, 1.82) is 0 Å². The molecule has 0 radical (unpaired) electrons. The van der Waals surface area contributed by atoms with E-state index in [1.54, 1.807) is 36.4 Å². The quantitative estimate of drug-likeness (QED) is 0.218. The number of thiazole rings is 1. The van der Waals surface area contributed by atoms with Gasteiger partial charge in [-0.05, 0) is 61.0 Å². The minimum atomic E-state index is 0.663. The predicted molar refractivity (Wildman–Crippen MR) is 140 cm³/mol. The summed E-state index contributed by atoms with van der Waals surface area (Å²) < 4.78 is 11.0. The maximum atomic E-state index is 5.54. The lowest BCUT2D eigenvalue weighted by Gasteiger charge is -2.10. The highest BCUT2D eigenvalue weighted by Crippen LogP contribution is 2.35. The summed E-state index contributed by atoms with van der Waals surface area (Å²) in [6, 6.07) is 20.3. The van der Waals surface area contributed by atoms with Crippen LogP contribution in [0.5, 0.6) is 11.5 Å². The van der Waals surface area contributed by atoms with Crippen LogP contribution in [0.3, 0.4) is 0 Å². The van der Waals surface area contributed by atoms with Crippen LogP contribution < -0.4 is 9.47 Å². The number of methoxy groups -OCH3 is 1. The Balaban J connectivity index is 1.40. The Morgan fingerprint density at radius 3 is 2.56 bits per heavy atom. The van der Waals surface area contributed by atoms with Crippen LogP contribution in [0, 0.1) is 0 Å². The van der Waals surface area contributed by atoms with Crippen molar-refractivity contribution in [2.45, 2.75) is 17.7 Å². The number of hydrogen-bond acceptors (Lipinski definition) is 7. The average Bonchev–Trinajstić information content (AvgIpc) is 3.37. The first-order valence-corrected chi connectivity index (χ1v) is 12.8. The topological polar surface area (TPSA) is 57.1 Å². The van der Waals surface area contributed by atoms with Gasteiger partial charge in [-0.2, -0.15) is 0 Å². The van der Waals surface area contributed by atoms with Crippen molar-refractivity contribution in [2.75, 3.05) is 13.7 Å². The minimum absolute atomic E-state index is 0.663. The van der Waals surface area contributed by atoms with Gasteiger partial charge in [0.2, 0.25) is 0 Å². The largest absolute Gasteiger partial charge is 0.497 e. The highest BCUT2D eigenvalue weighted by Gasteiger charge is 2.12. The zero-order valence-electron chi connectivity index (χ0n) is 18.9. The van der Waals surface area contributed by atoms with E-state index in [1.807, 2.05) is 43.5 Å². The number of rotatable bonds is 8. The van der Waals surface area contributed by atoms with Gasteiger partial charge in [-0.3, -0.25) is 4.98 Å². The van der Waals surface area contributed by atoms with E-state index in [1.165, 1.54) is 0 Å². The number of aromatic nitrogens is 3. The van der Waals surface area contributed by atoms with Gasteiger partial charge in [0.15, 0.2) is 0 Å². The van der Waals surface area contributed by atoms with Crippen LogP contribution in [0.2, 0.25) is 0 Å². The fourth-order valence-electron chi connectivity index (χ4n) is 3.66. The summed E-state index contributed by atoms with van der Waals surface area (Å²) in [6.07, 6.45) is 3.67. The molecule has 0 N–H and O–H groups in total. The van der Waals surface area contributed by atoms with Crippen molar-refractivity contribution in [1.82, 2.24) is 15.0 Å². The first-order chi connectivity index (χ1) is 16.7.